The van der Waals surface area contributed by atoms with Crippen LogP contribution >= 0.6 is 11.6 Å². The van der Waals surface area contributed by atoms with Crippen LogP contribution in [0.3, 0.4) is 0 Å². The molecule has 2 saturated heterocycles. The molecule has 216 valence electrons. The summed E-state index contributed by atoms with van der Waals surface area (Å²) >= 11 is 5.74. The van der Waals surface area contributed by atoms with Crippen LogP contribution in [0.1, 0.15) is 44.9 Å². The maximum atomic E-state index is 12.2. The molecular formula is C28H37ClF2N2O5S. The van der Waals surface area contributed by atoms with Crippen LogP contribution in [0.15, 0.2) is 53.4 Å². The van der Waals surface area contributed by atoms with Crippen LogP contribution in [0.4, 0.5) is 8.78 Å². The van der Waals surface area contributed by atoms with Gasteiger partial charge in [0.1, 0.15) is 11.6 Å². The zero-order chi connectivity index (χ0) is 28.4. The molecule has 2 N–H and O–H groups in total. The molecule has 1 aliphatic carbocycles. The standard InChI is InChI=1S/C11H14ClNO2S.C11H19NO3.C6H4F2/c12-10-4-6-11(7-5-10)16(14,15)13-8-2-1-3-9-13;13-6-4-10(8-1-2-8)11(15)12-5-3-9(14)7-12;7-5-2-1-3-6(8)4-5/h4-7H,1-3,8-9H2;8-10,13-14H,1-7H2;1-4H/t;9-,10?;/m.0./s1. The van der Waals surface area contributed by atoms with Crippen molar-refractivity contribution in [2.24, 2.45) is 11.8 Å². The lowest BCUT2D eigenvalue weighted by molar-refractivity contribution is -0.136. The average Bonchev–Trinajstić information content (AvgIpc) is 3.67. The van der Waals surface area contributed by atoms with Gasteiger partial charge in [0.15, 0.2) is 0 Å². The molecule has 0 radical (unpaired) electrons. The number of hydrogen-bond acceptors (Lipinski definition) is 5. The van der Waals surface area contributed by atoms with Crippen molar-refractivity contribution >= 4 is 27.5 Å². The summed E-state index contributed by atoms with van der Waals surface area (Å²) in [5, 5.41) is 18.9. The van der Waals surface area contributed by atoms with Crippen LogP contribution < -0.4 is 0 Å². The average molecular weight is 587 g/mol. The summed E-state index contributed by atoms with van der Waals surface area (Å²) in [4.78, 5) is 14.2. The minimum absolute atomic E-state index is 0.000278. The second-order valence-electron chi connectivity index (χ2n) is 10.0. The highest BCUT2D eigenvalue weighted by atomic mass is 35.5. The highest BCUT2D eigenvalue weighted by Crippen LogP contribution is 2.39. The Morgan fingerprint density at radius 3 is 2.05 bits per heavy atom. The maximum Gasteiger partial charge on any atom is 0.243 e. The van der Waals surface area contributed by atoms with Gasteiger partial charge >= 0.3 is 0 Å². The van der Waals surface area contributed by atoms with Gasteiger partial charge in [-0.1, -0.05) is 24.1 Å². The summed E-state index contributed by atoms with van der Waals surface area (Å²) in [6.07, 6.45) is 6.19. The van der Waals surface area contributed by atoms with E-state index in [0.29, 0.717) is 54.9 Å². The summed E-state index contributed by atoms with van der Waals surface area (Å²) < 4.78 is 49.8. The zero-order valence-corrected chi connectivity index (χ0v) is 23.5. The number of sulfonamides is 1. The zero-order valence-electron chi connectivity index (χ0n) is 21.9. The van der Waals surface area contributed by atoms with E-state index in [9.17, 15) is 27.1 Å². The monoisotopic (exact) mass is 586 g/mol. The molecule has 39 heavy (non-hydrogen) atoms. The fourth-order valence-corrected chi connectivity index (χ4v) is 6.34. The van der Waals surface area contributed by atoms with E-state index in [0.717, 1.165) is 38.2 Å². The smallest absolute Gasteiger partial charge is 0.243 e. The Labute approximate surface area is 234 Å². The van der Waals surface area contributed by atoms with Crippen LogP contribution in [0.25, 0.3) is 0 Å². The molecule has 1 saturated carbocycles. The van der Waals surface area contributed by atoms with Crippen LogP contribution in [0.5, 0.6) is 0 Å². The first-order valence-electron chi connectivity index (χ1n) is 13.4. The molecule has 0 bridgehead atoms. The highest BCUT2D eigenvalue weighted by molar-refractivity contribution is 7.89. The number of halogens is 3. The molecule has 2 heterocycles. The second-order valence-corrected chi connectivity index (χ2v) is 12.4. The van der Waals surface area contributed by atoms with Crippen LogP contribution in [-0.2, 0) is 14.8 Å². The van der Waals surface area contributed by atoms with E-state index in [4.69, 9.17) is 16.7 Å². The predicted molar refractivity (Wildman–Crippen MR) is 146 cm³/mol. The van der Waals surface area contributed by atoms with Gasteiger partial charge in [0.2, 0.25) is 15.9 Å². The van der Waals surface area contributed by atoms with Crippen molar-refractivity contribution in [1.29, 1.82) is 0 Å². The van der Waals surface area contributed by atoms with E-state index in [1.54, 1.807) is 33.5 Å². The molecule has 2 aliphatic heterocycles. The fourth-order valence-electron chi connectivity index (χ4n) is 4.70. The van der Waals surface area contributed by atoms with E-state index in [1.807, 2.05) is 0 Å². The van der Waals surface area contributed by atoms with E-state index in [2.05, 4.69) is 0 Å². The van der Waals surface area contributed by atoms with Gasteiger partial charge in [0.25, 0.3) is 0 Å². The number of β-amino-alcohol motifs (C(OH)–C–C–N with tert-alkyl or cyclic N) is 1. The quantitative estimate of drug-likeness (QED) is 0.521. The third kappa shape index (κ3) is 9.79. The summed E-state index contributed by atoms with van der Waals surface area (Å²) in [5.41, 5.74) is 0. The first-order chi connectivity index (χ1) is 18.6. The summed E-state index contributed by atoms with van der Waals surface area (Å²) in [6, 6.07) is 10.9. The Kier molecular flexibility index (Phi) is 12.1. The van der Waals surface area contributed by atoms with Gasteiger partial charge in [-0.3, -0.25) is 4.79 Å². The van der Waals surface area contributed by atoms with Gasteiger partial charge in [-0.05, 0) is 80.8 Å². The lowest BCUT2D eigenvalue weighted by Gasteiger charge is -2.25. The Hall–Kier alpha value is -2.11. The molecule has 2 atom stereocenters. The predicted octanol–water partition coefficient (Wildman–Crippen LogP) is 4.47. The van der Waals surface area contributed by atoms with Crippen molar-refractivity contribution in [2.75, 3.05) is 32.8 Å². The van der Waals surface area contributed by atoms with Gasteiger partial charge in [-0.15, -0.1) is 0 Å². The highest BCUT2D eigenvalue weighted by Gasteiger charge is 2.39. The van der Waals surface area contributed by atoms with E-state index < -0.39 is 21.7 Å². The minimum Gasteiger partial charge on any atom is -0.396 e. The van der Waals surface area contributed by atoms with Gasteiger partial charge < -0.3 is 15.1 Å². The number of aliphatic hydroxyl groups excluding tert-OH is 2. The number of likely N-dealkylation sites (tertiary alicyclic amines) is 1. The summed E-state index contributed by atoms with van der Waals surface area (Å²) in [7, 11) is -3.30. The van der Waals surface area contributed by atoms with E-state index in [-0.39, 0.29) is 24.5 Å². The largest absolute Gasteiger partial charge is 0.396 e. The van der Waals surface area contributed by atoms with Crippen molar-refractivity contribution in [2.45, 2.75) is 55.9 Å². The molecular weight excluding hydrogens is 550 g/mol. The Morgan fingerprint density at radius 1 is 0.974 bits per heavy atom. The number of carbonyl (C=O) groups is 1. The fraction of sp³-hybridized carbons (Fsp3) is 0.536. The second kappa shape index (κ2) is 15.0. The summed E-state index contributed by atoms with van der Waals surface area (Å²) in [5.74, 6) is -0.444. The van der Waals surface area contributed by atoms with Crippen molar-refractivity contribution in [3.63, 3.8) is 0 Å². The molecule has 2 aromatic rings. The Balaban J connectivity index is 0.000000171. The molecule has 5 rings (SSSR count). The Morgan fingerprint density at radius 2 is 1.59 bits per heavy atom. The molecule has 11 heteroatoms. The molecule has 7 nitrogen and oxygen atoms in total. The lowest BCUT2D eigenvalue weighted by atomic mass is 9.98. The molecule has 3 fully saturated rings. The first-order valence-corrected chi connectivity index (χ1v) is 15.2. The van der Waals surface area contributed by atoms with E-state index >= 15 is 0 Å². The number of rotatable bonds is 6. The third-order valence-corrected chi connectivity index (χ3v) is 9.14. The molecule has 2 aromatic carbocycles. The molecule has 0 spiro atoms. The number of aliphatic hydroxyl groups is 2. The minimum atomic E-state index is -3.30. The van der Waals surface area contributed by atoms with Gasteiger partial charge in [0, 0.05) is 49.8 Å². The Bertz CT molecular complexity index is 1140. The van der Waals surface area contributed by atoms with Crippen molar-refractivity contribution in [1.82, 2.24) is 9.21 Å². The lowest BCUT2D eigenvalue weighted by Crippen LogP contribution is -2.36. The van der Waals surface area contributed by atoms with Crippen molar-refractivity contribution in [3.05, 3.63) is 65.2 Å². The summed E-state index contributed by atoms with van der Waals surface area (Å²) in [6.45, 7) is 2.50. The molecule has 0 aromatic heterocycles. The maximum absolute atomic E-state index is 12.2. The first kappa shape index (κ1) is 31.4. The van der Waals surface area contributed by atoms with Crippen molar-refractivity contribution < 1.29 is 32.2 Å². The van der Waals surface area contributed by atoms with Crippen LogP contribution in [0.2, 0.25) is 5.02 Å². The van der Waals surface area contributed by atoms with Crippen LogP contribution in [0, 0.1) is 23.5 Å². The molecule has 3 aliphatic rings. The van der Waals surface area contributed by atoms with Gasteiger partial charge in [0.05, 0.1) is 11.0 Å². The normalized spacial score (nSPS) is 20.3. The topological polar surface area (TPSA) is 98.1 Å². The molecule has 1 amide bonds. The van der Waals surface area contributed by atoms with E-state index in [1.165, 1.54) is 18.2 Å². The SMILES string of the molecule is Fc1cccc(F)c1.O=C(C(CCO)C1CC1)N1CC[C@H](O)C1.O=S(=O)(c1ccc(Cl)cc1)N1CCCCC1. The van der Waals surface area contributed by atoms with Gasteiger partial charge in [-0.25, -0.2) is 17.2 Å². The molecule has 1 unspecified atom stereocenters. The van der Waals surface area contributed by atoms with Crippen LogP contribution in [-0.4, -0.2) is 72.6 Å². The number of hydrogen-bond donors (Lipinski definition) is 2. The van der Waals surface area contributed by atoms with Gasteiger partial charge in [-0.2, -0.15) is 4.31 Å². The van der Waals surface area contributed by atoms with Crippen molar-refractivity contribution in [3.8, 4) is 0 Å². The number of amides is 1. The number of nitrogens with zero attached hydrogens (tertiary/aromatic N) is 2. The number of carbonyl (C=O) groups excluding carboxylic acids is 1. The number of benzene rings is 2. The number of piperidine rings is 1. The third-order valence-electron chi connectivity index (χ3n) is 6.98.